The average Bonchev–Trinajstić information content (AvgIpc) is 2.47. The molecule has 0 heterocycles. The molecule has 1 atom stereocenters. The van der Waals surface area contributed by atoms with Crippen molar-refractivity contribution in [3.8, 4) is 17.2 Å². The van der Waals surface area contributed by atoms with E-state index in [2.05, 4.69) is 0 Å². The van der Waals surface area contributed by atoms with Crippen molar-refractivity contribution >= 4 is 5.69 Å². The Kier molecular flexibility index (Phi) is 4.39. The first-order valence-corrected chi connectivity index (χ1v) is 6.37. The molecule has 0 aliphatic carbocycles. The number of hydrogen-bond donors (Lipinski definition) is 1. The van der Waals surface area contributed by atoms with Gasteiger partial charge in [-0.2, -0.15) is 0 Å². The number of nitro groups is 1. The largest absolute Gasteiger partial charge is 0.493 e. The Morgan fingerprint density at radius 1 is 1.14 bits per heavy atom. The fourth-order valence-electron chi connectivity index (χ4n) is 1.92. The van der Waals surface area contributed by atoms with E-state index in [4.69, 9.17) is 15.2 Å². The highest BCUT2D eigenvalue weighted by atomic mass is 16.6. The van der Waals surface area contributed by atoms with E-state index in [1.54, 1.807) is 6.07 Å². The van der Waals surface area contributed by atoms with Gasteiger partial charge in [-0.1, -0.05) is 18.2 Å². The van der Waals surface area contributed by atoms with Crippen LogP contribution in [0.1, 0.15) is 18.5 Å². The Morgan fingerprint density at radius 3 is 2.48 bits per heavy atom. The monoisotopic (exact) mass is 288 g/mol. The van der Waals surface area contributed by atoms with Gasteiger partial charge in [0.1, 0.15) is 5.75 Å². The fraction of sp³-hybridized carbons (Fsp3) is 0.200. The van der Waals surface area contributed by atoms with Crippen LogP contribution in [0.25, 0.3) is 0 Å². The van der Waals surface area contributed by atoms with Crippen molar-refractivity contribution < 1.29 is 14.4 Å². The van der Waals surface area contributed by atoms with E-state index >= 15 is 0 Å². The van der Waals surface area contributed by atoms with Gasteiger partial charge in [0.2, 0.25) is 0 Å². The van der Waals surface area contributed by atoms with Crippen LogP contribution in [-0.2, 0) is 0 Å². The molecule has 6 nitrogen and oxygen atoms in total. The Bertz CT molecular complexity index is 656. The van der Waals surface area contributed by atoms with Crippen LogP contribution in [0.2, 0.25) is 0 Å². The molecule has 2 rings (SSSR count). The van der Waals surface area contributed by atoms with E-state index in [9.17, 15) is 10.1 Å². The number of non-ortho nitro benzene ring substituents is 1. The van der Waals surface area contributed by atoms with Crippen molar-refractivity contribution in [3.05, 3.63) is 58.1 Å². The second kappa shape index (κ2) is 6.23. The minimum Gasteiger partial charge on any atom is -0.493 e. The Hall–Kier alpha value is -2.60. The smallest absolute Gasteiger partial charge is 0.273 e. The number of nitrogens with zero attached hydrogens (tertiary/aromatic N) is 1. The summed E-state index contributed by atoms with van der Waals surface area (Å²) in [4.78, 5) is 10.3. The number of rotatable bonds is 5. The summed E-state index contributed by atoms with van der Waals surface area (Å²) in [6.07, 6.45) is 0. The van der Waals surface area contributed by atoms with Crippen LogP contribution in [0.3, 0.4) is 0 Å². The lowest BCUT2D eigenvalue weighted by Gasteiger charge is -2.15. The van der Waals surface area contributed by atoms with Gasteiger partial charge in [0.05, 0.1) is 18.1 Å². The molecular formula is C15H16N2O4. The minimum absolute atomic E-state index is 0.0559. The van der Waals surface area contributed by atoms with Crippen molar-refractivity contribution in [1.29, 1.82) is 0 Å². The zero-order valence-electron chi connectivity index (χ0n) is 11.8. The number of nitro benzene ring substituents is 1. The number of ether oxygens (including phenoxy) is 2. The molecule has 0 fully saturated rings. The van der Waals surface area contributed by atoms with Crippen molar-refractivity contribution in [2.24, 2.45) is 5.73 Å². The van der Waals surface area contributed by atoms with Crippen LogP contribution in [0.5, 0.6) is 17.2 Å². The molecule has 0 aliphatic heterocycles. The van der Waals surface area contributed by atoms with Crippen molar-refractivity contribution in [3.63, 3.8) is 0 Å². The first-order valence-electron chi connectivity index (χ1n) is 6.37. The van der Waals surface area contributed by atoms with Crippen molar-refractivity contribution in [1.82, 2.24) is 0 Å². The fourth-order valence-corrected chi connectivity index (χ4v) is 1.92. The Labute approximate surface area is 122 Å². The minimum atomic E-state index is -0.484. The molecule has 2 aromatic carbocycles. The zero-order valence-corrected chi connectivity index (χ0v) is 11.8. The second-order valence-electron chi connectivity index (χ2n) is 4.52. The van der Waals surface area contributed by atoms with Gasteiger partial charge in [-0.25, -0.2) is 0 Å². The number of para-hydroxylation sites is 1. The molecule has 0 spiro atoms. The molecule has 0 aliphatic rings. The van der Waals surface area contributed by atoms with Gasteiger partial charge in [-0.05, 0) is 19.1 Å². The van der Waals surface area contributed by atoms with Gasteiger partial charge in [-0.15, -0.1) is 0 Å². The summed E-state index contributed by atoms with van der Waals surface area (Å²) < 4.78 is 10.9. The SMILES string of the molecule is COc1cc([N+](=O)[O-])ccc1Oc1ccccc1[C@H](C)N. The molecule has 110 valence electrons. The molecule has 0 aromatic heterocycles. The molecule has 0 radical (unpaired) electrons. The third-order valence-electron chi connectivity index (χ3n) is 2.99. The van der Waals surface area contributed by atoms with Gasteiger partial charge in [0.15, 0.2) is 11.5 Å². The molecule has 6 heteroatoms. The van der Waals surface area contributed by atoms with E-state index in [0.29, 0.717) is 17.2 Å². The Morgan fingerprint density at radius 2 is 1.86 bits per heavy atom. The molecule has 0 amide bonds. The van der Waals surface area contributed by atoms with Crippen LogP contribution in [-0.4, -0.2) is 12.0 Å². The third kappa shape index (κ3) is 3.29. The average molecular weight is 288 g/mol. The highest BCUT2D eigenvalue weighted by Crippen LogP contribution is 2.36. The first-order chi connectivity index (χ1) is 10.0. The second-order valence-corrected chi connectivity index (χ2v) is 4.52. The predicted octanol–water partition coefficient (Wildman–Crippen LogP) is 3.42. The summed E-state index contributed by atoms with van der Waals surface area (Å²) in [7, 11) is 1.43. The maximum atomic E-state index is 10.8. The summed E-state index contributed by atoms with van der Waals surface area (Å²) in [5.74, 6) is 1.29. The molecule has 0 bridgehead atoms. The number of nitrogens with two attached hydrogens (primary N) is 1. The number of hydrogen-bond acceptors (Lipinski definition) is 5. The van der Waals surface area contributed by atoms with Gasteiger partial charge in [0, 0.05) is 17.7 Å². The zero-order chi connectivity index (χ0) is 15.4. The third-order valence-corrected chi connectivity index (χ3v) is 2.99. The maximum Gasteiger partial charge on any atom is 0.273 e. The van der Waals surface area contributed by atoms with Crippen LogP contribution in [0.15, 0.2) is 42.5 Å². The molecule has 0 saturated heterocycles. The Balaban J connectivity index is 2.38. The van der Waals surface area contributed by atoms with Crippen LogP contribution in [0, 0.1) is 10.1 Å². The van der Waals surface area contributed by atoms with E-state index < -0.39 is 4.92 Å². The molecular weight excluding hydrogens is 272 g/mol. The van der Waals surface area contributed by atoms with Crippen LogP contribution in [0.4, 0.5) is 5.69 Å². The molecule has 0 saturated carbocycles. The summed E-state index contributed by atoms with van der Waals surface area (Å²) in [6, 6.07) is 11.4. The normalized spacial score (nSPS) is 11.8. The van der Waals surface area contributed by atoms with E-state index in [-0.39, 0.29) is 11.7 Å². The maximum absolute atomic E-state index is 10.8. The van der Waals surface area contributed by atoms with Crippen molar-refractivity contribution in [2.75, 3.05) is 7.11 Å². The summed E-state index contributed by atoms with van der Waals surface area (Å²) in [5.41, 5.74) is 6.69. The molecule has 0 unspecified atom stereocenters. The van der Waals surface area contributed by atoms with Gasteiger partial charge < -0.3 is 15.2 Å². The molecule has 2 aromatic rings. The van der Waals surface area contributed by atoms with Crippen molar-refractivity contribution in [2.45, 2.75) is 13.0 Å². The van der Waals surface area contributed by atoms with Gasteiger partial charge in [-0.3, -0.25) is 10.1 Å². The quantitative estimate of drug-likeness (QED) is 0.672. The highest BCUT2D eigenvalue weighted by Gasteiger charge is 2.15. The lowest BCUT2D eigenvalue weighted by atomic mass is 10.1. The lowest BCUT2D eigenvalue weighted by molar-refractivity contribution is -0.384. The van der Waals surface area contributed by atoms with Crippen LogP contribution >= 0.6 is 0 Å². The lowest BCUT2D eigenvalue weighted by Crippen LogP contribution is -2.06. The molecule has 2 N–H and O–H groups in total. The van der Waals surface area contributed by atoms with E-state index in [1.165, 1.54) is 25.3 Å². The van der Waals surface area contributed by atoms with Gasteiger partial charge >= 0.3 is 0 Å². The van der Waals surface area contributed by atoms with E-state index in [1.807, 2.05) is 25.1 Å². The summed E-state index contributed by atoms with van der Waals surface area (Å²) >= 11 is 0. The van der Waals surface area contributed by atoms with Crippen LogP contribution < -0.4 is 15.2 Å². The van der Waals surface area contributed by atoms with E-state index in [0.717, 1.165) is 5.56 Å². The highest BCUT2D eigenvalue weighted by molar-refractivity contribution is 5.51. The number of benzene rings is 2. The summed E-state index contributed by atoms with van der Waals surface area (Å²) in [5, 5.41) is 10.8. The first kappa shape index (κ1) is 14.8. The molecule has 21 heavy (non-hydrogen) atoms. The number of methoxy groups -OCH3 is 1. The topological polar surface area (TPSA) is 87.6 Å². The summed E-state index contributed by atoms with van der Waals surface area (Å²) in [6.45, 7) is 1.86. The van der Waals surface area contributed by atoms with Gasteiger partial charge in [0.25, 0.3) is 5.69 Å². The standard InChI is InChI=1S/C15H16N2O4/c1-10(16)12-5-3-4-6-13(12)21-14-8-7-11(17(18)19)9-15(14)20-2/h3-10H,16H2,1-2H3/t10-/m0/s1. The predicted molar refractivity (Wildman–Crippen MR) is 78.8 cm³/mol.